The monoisotopic (exact) mass is 311 g/mol. The Morgan fingerprint density at radius 1 is 0.957 bits per heavy atom. The third kappa shape index (κ3) is 3.62. The number of rotatable bonds is 3. The average molecular weight is 311 g/mol. The van der Waals surface area contributed by atoms with Gasteiger partial charge < -0.3 is 15.1 Å². The van der Waals surface area contributed by atoms with Crippen LogP contribution in [0.25, 0.3) is 0 Å². The zero-order valence-electron chi connectivity index (χ0n) is 14.4. The number of nitrogens with one attached hydrogen (secondary N) is 1. The first-order valence-corrected chi connectivity index (χ1v) is 8.15. The Balaban J connectivity index is 1.86. The quantitative estimate of drug-likeness (QED) is 0.944. The number of nitrogens with zero attached hydrogens (tertiary/aromatic N) is 4. The molecule has 0 spiro atoms. The second kappa shape index (κ2) is 6.54. The van der Waals surface area contributed by atoms with Crippen molar-refractivity contribution in [3.63, 3.8) is 0 Å². The molecule has 1 fully saturated rings. The van der Waals surface area contributed by atoms with Gasteiger partial charge in [0, 0.05) is 37.9 Å². The van der Waals surface area contributed by atoms with Crippen LogP contribution in [0.3, 0.4) is 0 Å². The molecular formula is C18H25N5. The van der Waals surface area contributed by atoms with Crippen molar-refractivity contribution in [1.82, 2.24) is 14.9 Å². The molecule has 3 rings (SSSR count). The summed E-state index contributed by atoms with van der Waals surface area (Å²) in [6, 6.07) is 8.37. The Labute approximate surface area is 138 Å². The van der Waals surface area contributed by atoms with E-state index in [0.29, 0.717) is 0 Å². The summed E-state index contributed by atoms with van der Waals surface area (Å²) in [5.74, 6) is 2.68. The molecule has 1 saturated heterocycles. The van der Waals surface area contributed by atoms with E-state index in [1.165, 1.54) is 11.1 Å². The molecule has 0 amide bonds. The largest absolute Gasteiger partial charge is 0.354 e. The molecule has 0 atom stereocenters. The van der Waals surface area contributed by atoms with Gasteiger partial charge in [0.25, 0.3) is 0 Å². The number of para-hydroxylation sites is 1. The Hall–Kier alpha value is -2.14. The highest BCUT2D eigenvalue weighted by Crippen LogP contribution is 2.25. The van der Waals surface area contributed by atoms with E-state index in [1.807, 2.05) is 6.92 Å². The molecule has 1 aliphatic rings. The fraction of sp³-hybridized carbons (Fsp3) is 0.444. The Morgan fingerprint density at radius 2 is 1.61 bits per heavy atom. The van der Waals surface area contributed by atoms with Crippen LogP contribution in [0, 0.1) is 20.8 Å². The molecular weight excluding hydrogens is 286 g/mol. The molecule has 1 aliphatic heterocycles. The van der Waals surface area contributed by atoms with Gasteiger partial charge >= 0.3 is 0 Å². The lowest BCUT2D eigenvalue weighted by Crippen LogP contribution is -2.44. The molecule has 0 aliphatic carbocycles. The zero-order chi connectivity index (χ0) is 16.4. The van der Waals surface area contributed by atoms with Gasteiger partial charge in [0.15, 0.2) is 0 Å². The minimum atomic E-state index is 0.801. The molecule has 1 aromatic heterocycles. The zero-order valence-corrected chi connectivity index (χ0v) is 14.4. The molecule has 5 nitrogen and oxygen atoms in total. The number of anilines is 3. The van der Waals surface area contributed by atoms with Crippen molar-refractivity contribution in [2.45, 2.75) is 20.8 Å². The van der Waals surface area contributed by atoms with Gasteiger partial charge in [-0.3, -0.25) is 0 Å². The number of aryl methyl sites for hydroxylation is 3. The van der Waals surface area contributed by atoms with Crippen molar-refractivity contribution in [3.05, 3.63) is 41.2 Å². The van der Waals surface area contributed by atoms with Gasteiger partial charge in [-0.05, 0) is 38.9 Å². The minimum absolute atomic E-state index is 0.801. The van der Waals surface area contributed by atoms with E-state index >= 15 is 0 Å². The van der Waals surface area contributed by atoms with Gasteiger partial charge in [-0.25, -0.2) is 9.97 Å². The van der Waals surface area contributed by atoms with Gasteiger partial charge in [-0.1, -0.05) is 18.2 Å². The van der Waals surface area contributed by atoms with Crippen molar-refractivity contribution in [2.75, 3.05) is 43.4 Å². The smallest absolute Gasteiger partial charge is 0.136 e. The highest BCUT2D eigenvalue weighted by atomic mass is 15.3. The molecule has 1 aromatic carbocycles. The molecule has 0 bridgehead atoms. The normalized spacial score (nSPS) is 15.7. The molecule has 0 saturated carbocycles. The summed E-state index contributed by atoms with van der Waals surface area (Å²) in [5, 5.41) is 3.48. The summed E-state index contributed by atoms with van der Waals surface area (Å²) in [4.78, 5) is 13.9. The van der Waals surface area contributed by atoms with Crippen LogP contribution in [0.4, 0.5) is 17.3 Å². The van der Waals surface area contributed by atoms with E-state index in [1.54, 1.807) is 0 Å². The van der Waals surface area contributed by atoms with Crippen LogP contribution in [0.2, 0.25) is 0 Å². The van der Waals surface area contributed by atoms with Crippen molar-refractivity contribution >= 4 is 17.3 Å². The first-order chi connectivity index (χ1) is 11.0. The molecule has 0 unspecified atom stereocenters. The first-order valence-electron chi connectivity index (χ1n) is 8.15. The van der Waals surface area contributed by atoms with Crippen molar-refractivity contribution in [1.29, 1.82) is 0 Å². The molecule has 1 N–H and O–H groups in total. The Kier molecular flexibility index (Phi) is 4.48. The van der Waals surface area contributed by atoms with E-state index in [4.69, 9.17) is 0 Å². The number of hydrogen-bond acceptors (Lipinski definition) is 5. The summed E-state index contributed by atoms with van der Waals surface area (Å²) in [7, 11) is 2.16. The van der Waals surface area contributed by atoms with Gasteiger partial charge in [0.05, 0.1) is 0 Å². The van der Waals surface area contributed by atoms with Crippen LogP contribution in [-0.4, -0.2) is 48.1 Å². The molecule has 2 heterocycles. The molecule has 23 heavy (non-hydrogen) atoms. The van der Waals surface area contributed by atoms with E-state index in [-0.39, 0.29) is 0 Å². The summed E-state index contributed by atoms with van der Waals surface area (Å²) in [6.45, 7) is 10.3. The molecule has 0 radical (unpaired) electrons. The van der Waals surface area contributed by atoms with Crippen LogP contribution < -0.4 is 10.2 Å². The van der Waals surface area contributed by atoms with Crippen LogP contribution in [0.5, 0.6) is 0 Å². The van der Waals surface area contributed by atoms with Crippen molar-refractivity contribution in [3.8, 4) is 0 Å². The van der Waals surface area contributed by atoms with Crippen LogP contribution in [0.1, 0.15) is 17.0 Å². The highest BCUT2D eigenvalue weighted by Gasteiger charge is 2.16. The second-order valence-corrected chi connectivity index (χ2v) is 6.34. The van der Waals surface area contributed by atoms with Crippen LogP contribution >= 0.6 is 0 Å². The molecule has 5 heteroatoms. The van der Waals surface area contributed by atoms with E-state index in [0.717, 1.165) is 49.3 Å². The van der Waals surface area contributed by atoms with Crippen molar-refractivity contribution in [2.24, 2.45) is 0 Å². The number of aromatic nitrogens is 2. The third-order valence-corrected chi connectivity index (χ3v) is 4.39. The maximum absolute atomic E-state index is 4.63. The lowest BCUT2D eigenvalue weighted by molar-refractivity contribution is 0.312. The number of hydrogen-bond donors (Lipinski definition) is 1. The standard InChI is InChI=1S/C18H25N5/c1-13-6-5-7-14(2)18(13)21-16-12-17(20-15(3)19-16)23-10-8-22(4)9-11-23/h5-7,12H,8-11H2,1-4H3,(H,19,20,21). The number of piperazine rings is 1. The third-order valence-electron chi connectivity index (χ3n) is 4.39. The molecule has 122 valence electrons. The lowest BCUT2D eigenvalue weighted by Gasteiger charge is -2.33. The second-order valence-electron chi connectivity index (χ2n) is 6.34. The SMILES string of the molecule is Cc1nc(Nc2c(C)cccc2C)cc(N2CCN(C)CC2)n1. The Bertz CT molecular complexity index is 670. The first kappa shape index (κ1) is 15.7. The van der Waals surface area contributed by atoms with E-state index < -0.39 is 0 Å². The predicted molar refractivity (Wildman–Crippen MR) is 95.7 cm³/mol. The summed E-state index contributed by atoms with van der Waals surface area (Å²) >= 11 is 0. The summed E-state index contributed by atoms with van der Waals surface area (Å²) in [6.07, 6.45) is 0. The minimum Gasteiger partial charge on any atom is -0.354 e. The van der Waals surface area contributed by atoms with Gasteiger partial charge in [-0.2, -0.15) is 0 Å². The van der Waals surface area contributed by atoms with Crippen LogP contribution in [0.15, 0.2) is 24.3 Å². The summed E-state index contributed by atoms with van der Waals surface area (Å²) in [5.41, 5.74) is 3.58. The number of benzene rings is 1. The van der Waals surface area contributed by atoms with E-state index in [9.17, 15) is 0 Å². The summed E-state index contributed by atoms with van der Waals surface area (Å²) < 4.78 is 0. The fourth-order valence-electron chi connectivity index (χ4n) is 2.95. The van der Waals surface area contributed by atoms with E-state index in [2.05, 4.69) is 70.2 Å². The fourth-order valence-corrected chi connectivity index (χ4v) is 2.95. The predicted octanol–water partition coefficient (Wildman–Crippen LogP) is 2.90. The highest BCUT2D eigenvalue weighted by molar-refractivity contribution is 5.66. The lowest BCUT2D eigenvalue weighted by atomic mass is 10.1. The maximum Gasteiger partial charge on any atom is 0.136 e. The maximum atomic E-state index is 4.63. The van der Waals surface area contributed by atoms with Gasteiger partial charge in [0.1, 0.15) is 17.5 Å². The average Bonchev–Trinajstić information content (AvgIpc) is 2.51. The molecule has 2 aromatic rings. The van der Waals surface area contributed by atoms with Crippen molar-refractivity contribution < 1.29 is 0 Å². The van der Waals surface area contributed by atoms with Gasteiger partial charge in [-0.15, -0.1) is 0 Å². The number of likely N-dealkylation sites (N-methyl/N-ethyl adjacent to an activating group) is 1. The Morgan fingerprint density at radius 3 is 2.26 bits per heavy atom. The van der Waals surface area contributed by atoms with Crippen LogP contribution in [-0.2, 0) is 0 Å². The van der Waals surface area contributed by atoms with Gasteiger partial charge in [0.2, 0.25) is 0 Å². The topological polar surface area (TPSA) is 44.3 Å².